The molecule has 2 aromatic rings. The fraction of sp³-hybridized carbons (Fsp3) is 0.0769. The molecule has 0 aromatic heterocycles. The Morgan fingerprint density at radius 2 is 1.76 bits per heavy atom. The molecule has 0 atom stereocenters. The van der Waals surface area contributed by atoms with E-state index in [1.807, 2.05) is 24.3 Å². The predicted octanol–water partition coefficient (Wildman–Crippen LogP) is 4.74. The number of hydrogen-bond acceptors (Lipinski definition) is 1. The summed E-state index contributed by atoms with van der Waals surface area (Å²) in [6, 6.07) is 11.7. The predicted molar refractivity (Wildman–Crippen MR) is 70.2 cm³/mol. The molecule has 1 N–H and O–H groups in total. The number of rotatable bonds is 3. The smallest absolute Gasteiger partial charge is 0.125 e. The minimum Gasteiger partial charge on any atom is -0.380 e. The van der Waals surface area contributed by atoms with Gasteiger partial charge in [0.15, 0.2) is 0 Å². The second-order valence-corrected chi connectivity index (χ2v) is 4.38. The Morgan fingerprint density at radius 1 is 1.00 bits per heavy atom. The Morgan fingerprint density at radius 3 is 2.53 bits per heavy atom. The first-order chi connectivity index (χ1) is 8.16. The van der Waals surface area contributed by atoms with Crippen molar-refractivity contribution in [2.24, 2.45) is 0 Å². The highest BCUT2D eigenvalue weighted by Crippen LogP contribution is 2.24. The van der Waals surface area contributed by atoms with Gasteiger partial charge >= 0.3 is 0 Å². The molecule has 0 unspecified atom stereocenters. The zero-order valence-electron chi connectivity index (χ0n) is 8.88. The summed E-state index contributed by atoms with van der Waals surface area (Å²) < 4.78 is 13.0. The SMILES string of the molecule is Fc1ccc(Cl)c(NCc2ccccc2Cl)c1. The lowest BCUT2D eigenvalue weighted by molar-refractivity contribution is 0.628. The van der Waals surface area contributed by atoms with Crippen LogP contribution in [-0.4, -0.2) is 0 Å². The van der Waals surface area contributed by atoms with E-state index in [-0.39, 0.29) is 5.82 Å². The van der Waals surface area contributed by atoms with Gasteiger partial charge in [-0.2, -0.15) is 0 Å². The summed E-state index contributed by atoms with van der Waals surface area (Å²) in [4.78, 5) is 0. The third kappa shape index (κ3) is 3.11. The van der Waals surface area contributed by atoms with Crippen LogP contribution in [0.2, 0.25) is 10.0 Å². The minimum atomic E-state index is -0.323. The number of halogens is 3. The van der Waals surface area contributed by atoms with Gasteiger partial charge in [-0.15, -0.1) is 0 Å². The maximum Gasteiger partial charge on any atom is 0.125 e. The monoisotopic (exact) mass is 269 g/mol. The molecule has 2 rings (SSSR count). The molecule has 0 aliphatic carbocycles. The van der Waals surface area contributed by atoms with E-state index in [1.165, 1.54) is 18.2 Å². The van der Waals surface area contributed by atoms with Crippen LogP contribution in [0.5, 0.6) is 0 Å². The number of hydrogen-bond donors (Lipinski definition) is 1. The van der Waals surface area contributed by atoms with Gasteiger partial charge in [0, 0.05) is 11.6 Å². The first-order valence-electron chi connectivity index (χ1n) is 5.09. The van der Waals surface area contributed by atoms with Crippen molar-refractivity contribution in [2.75, 3.05) is 5.32 Å². The molecule has 0 spiro atoms. The highest BCUT2D eigenvalue weighted by Gasteiger charge is 2.03. The van der Waals surface area contributed by atoms with Gasteiger partial charge in [0.2, 0.25) is 0 Å². The Bertz CT molecular complexity index is 529. The standard InChI is InChI=1S/C13H10Cl2FN/c14-11-4-2-1-3-9(11)8-17-13-7-10(16)5-6-12(13)15/h1-7,17H,8H2. The average molecular weight is 270 g/mol. The second kappa shape index (κ2) is 5.39. The molecule has 4 heteroatoms. The molecule has 0 saturated carbocycles. The van der Waals surface area contributed by atoms with E-state index in [0.717, 1.165) is 5.56 Å². The van der Waals surface area contributed by atoms with Gasteiger partial charge in [-0.05, 0) is 29.8 Å². The van der Waals surface area contributed by atoms with Crippen molar-refractivity contribution in [1.82, 2.24) is 0 Å². The Hall–Kier alpha value is -1.25. The van der Waals surface area contributed by atoms with E-state index in [4.69, 9.17) is 23.2 Å². The van der Waals surface area contributed by atoms with Crippen LogP contribution >= 0.6 is 23.2 Å². The van der Waals surface area contributed by atoms with Crippen molar-refractivity contribution in [3.8, 4) is 0 Å². The minimum absolute atomic E-state index is 0.323. The van der Waals surface area contributed by atoms with E-state index in [2.05, 4.69) is 5.32 Å². The van der Waals surface area contributed by atoms with Gasteiger partial charge in [-0.3, -0.25) is 0 Å². The lowest BCUT2D eigenvalue weighted by Crippen LogP contribution is -2.00. The van der Waals surface area contributed by atoms with Crippen LogP contribution in [-0.2, 0) is 6.54 Å². The van der Waals surface area contributed by atoms with Crippen molar-refractivity contribution in [2.45, 2.75) is 6.54 Å². The first kappa shape index (κ1) is 12.2. The van der Waals surface area contributed by atoms with E-state index >= 15 is 0 Å². The van der Waals surface area contributed by atoms with Crippen molar-refractivity contribution < 1.29 is 4.39 Å². The molecule has 0 aliphatic heterocycles. The number of anilines is 1. The Kier molecular flexibility index (Phi) is 3.87. The zero-order valence-corrected chi connectivity index (χ0v) is 10.4. The molecule has 1 nitrogen and oxygen atoms in total. The molecule has 0 bridgehead atoms. The van der Waals surface area contributed by atoms with Crippen LogP contribution in [0, 0.1) is 5.82 Å². The van der Waals surface area contributed by atoms with E-state index < -0.39 is 0 Å². The molecular weight excluding hydrogens is 260 g/mol. The Balaban J connectivity index is 2.12. The van der Waals surface area contributed by atoms with Gasteiger partial charge in [-0.25, -0.2) is 4.39 Å². The summed E-state index contributed by atoms with van der Waals surface area (Å²) in [5.41, 5.74) is 1.50. The lowest BCUT2D eigenvalue weighted by Gasteiger charge is -2.09. The summed E-state index contributed by atoms with van der Waals surface area (Å²) in [5.74, 6) is -0.323. The third-order valence-electron chi connectivity index (χ3n) is 2.36. The second-order valence-electron chi connectivity index (χ2n) is 3.57. The van der Waals surface area contributed by atoms with Crippen LogP contribution in [0.1, 0.15) is 5.56 Å². The lowest BCUT2D eigenvalue weighted by atomic mass is 10.2. The molecule has 0 heterocycles. The van der Waals surface area contributed by atoms with Crippen molar-refractivity contribution >= 4 is 28.9 Å². The zero-order chi connectivity index (χ0) is 12.3. The molecule has 0 fully saturated rings. The van der Waals surface area contributed by atoms with E-state index in [0.29, 0.717) is 22.3 Å². The van der Waals surface area contributed by atoms with Crippen LogP contribution in [0.4, 0.5) is 10.1 Å². The topological polar surface area (TPSA) is 12.0 Å². The highest BCUT2D eigenvalue weighted by atomic mass is 35.5. The summed E-state index contributed by atoms with van der Waals surface area (Å²) in [6.07, 6.45) is 0. The molecule has 0 amide bonds. The number of benzene rings is 2. The summed E-state index contributed by atoms with van der Waals surface area (Å²) in [5, 5.41) is 4.21. The normalized spacial score (nSPS) is 10.3. The van der Waals surface area contributed by atoms with E-state index in [9.17, 15) is 4.39 Å². The Labute approximate surface area is 109 Å². The molecule has 17 heavy (non-hydrogen) atoms. The molecule has 0 saturated heterocycles. The van der Waals surface area contributed by atoms with Crippen LogP contribution in [0.25, 0.3) is 0 Å². The maximum absolute atomic E-state index is 13.0. The van der Waals surface area contributed by atoms with Crippen LogP contribution < -0.4 is 5.32 Å². The first-order valence-corrected chi connectivity index (χ1v) is 5.85. The summed E-state index contributed by atoms with van der Waals surface area (Å²) in [7, 11) is 0. The van der Waals surface area contributed by atoms with Gasteiger partial charge in [0.05, 0.1) is 10.7 Å². The largest absolute Gasteiger partial charge is 0.380 e. The van der Waals surface area contributed by atoms with Crippen LogP contribution in [0.15, 0.2) is 42.5 Å². The van der Waals surface area contributed by atoms with Crippen LogP contribution in [0.3, 0.4) is 0 Å². The molecular formula is C13H10Cl2FN. The third-order valence-corrected chi connectivity index (χ3v) is 3.05. The molecule has 88 valence electrons. The maximum atomic E-state index is 13.0. The highest BCUT2D eigenvalue weighted by molar-refractivity contribution is 6.33. The van der Waals surface area contributed by atoms with Crippen molar-refractivity contribution in [3.05, 3.63) is 63.9 Å². The molecule has 0 aliphatic rings. The average Bonchev–Trinajstić information content (AvgIpc) is 2.32. The quantitative estimate of drug-likeness (QED) is 0.849. The van der Waals surface area contributed by atoms with Gasteiger partial charge in [0.1, 0.15) is 5.82 Å². The fourth-order valence-electron chi connectivity index (χ4n) is 1.47. The van der Waals surface area contributed by atoms with Crippen molar-refractivity contribution in [3.63, 3.8) is 0 Å². The van der Waals surface area contributed by atoms with Gasteiger partial charge < -0.3 is 5.32 Å². The van der Waals surface area contributed by atoms with Gasteiger partial charge in [0.25, 0.3) is 0 Å². The van der Waals surface area contributed by atoms with E-state index in [1.54, 1.807) is 0 Å². The summed E-state index contributed by atoms with van der Waals surface area (Å²) in [6.45, 7) is 0.503. The molecule has 2 aromatic carbocycles. The van der Waals surface area contributed by atoms with Crippen molar-refractivity contribution in [1.29, 1.82) is 0 Å². The number of nitrogens with one attached hydrogen (secondary N) is 1. The fourth-order valence-corrected chi connectivity index (χ4v) is 1.85. The van der Waals surface area contributed by atoms with Gasteiger partial charge in [-0.1, -0.05) is 41.4 Å². The molecule has 0 radical (unpaired) electrons. The summed E-state index contributed by atoms with van der Waals surface area (Å²) >= 11 is 12.0.